The topological polar surface area (TPSA) is 75.6 Å². The molecule has 3 aromatic carbocycles. The summed E-state index contributed by atoms with van der Waals surface area (Å²) >= 11 is 0. The summed E-state index contributed by atoms with van der Waals surface area (Å²) in [7, 11) is 0. The largest absolute Gasteiger partial charge is 0.493 e. The molecule has 0 saturated carbocycles. The molecule has 0 radical (unpaired) electrons. The average molecular weight is 432 g/mol. The van der Waals surface area contributed by atoms with E-state index in [2.05, 4.69) is 5.32 Å². The fourth-order valence-electron chi connectivity index (χ4n) is 3.53. The minimum atomic E-state index is -1.06. The third-order valence-corrected chi connectivity index (χ3v) is 5.35. The van der Waals surface area contributed by atoms with Gasteiger partial charge in [-0.1, -0.05) is 86.1 Å². The lowest BCUT2D eigenvalue weighted by molar-refractivity contribution is -0.140. The standard InChI is InChI=1S/C27H29NO4/c1-2-3-18-28-25(27(30)31)24(19-32-23-12-8-5-9-13-23)26(29)22-16-14-21(15-17-22)20-10-6-4-7-11-20/h4-17,24-25,28H,2-3,18-19H2,1H3,(H,30,31). The van der Waals surface area contributed by atoms with Crippen molar-refractivity contribution < 1.29 is 19.4 Å². The summed E-state index contributed by atoms with van der Waals surface area (Å²) in [4.78, 5) is 25.5. The van der Waals surface area contributed by atoms with Crippen molar-refractivity contribution in [1.82, 2.24) is 5.32 Å². The predicted molar refractivity (Wildman–Crippen MR) is 126 cm³/mol. The molecule has 0 bridgehead atoms. The van der Waals surface area contributed by atoms with Gasteiger partial charge in [-0.15, -0.1) is 0 Å². The van der Waals surface area contributed by atoms with Gasteiger partial charge in [0.1, 0.15) is 18.4 Å². The molecule has 0 aromatic heterocycles. The fourth-order valence-corrected chi connectivity index (χ4v) is 3.53. The second-order valence-electron chi connectivity index (χ2n) is 7.66. The van der Waals surface area contributed by atoms with Crippen LogP contribution in [-0.2, 0) is 4.79 Å². The SMILES string of the molecule is CCCCNC(C(=O)O)C(COc1ccccc1)C(=O)c1ccc(-c2ccccc2)cc1. The van der Waals surface area contributed by atoms with E-state index in [0.29, 0.717) is 17.9 Å². The number of ether oxygens (including phenoxy) is 1. The predicted octanol–water partition coefficient (Wildman–Crippen LogP) is 5.07. The molecule has 5 nitrogen and oxygen atoms in total. The van der Waals surface area contributed by atoms with Crippen LogP contribution in [0.4, 0.5) is 0 Å². The van der Waals surface area contributed by atoms with Gasteiger partial charge in [0.25, 0.3) is 0 Å². The summed E-state index contributed by atoms with van der Waals surface area (Å²) < 4.78 is 5.82. The van der Waals surface area contributed by atoms with Crippen LogP contribution in [0, 0.1) is 5.92 Å². The summed E-state index contributed by atoms with van der Waals surface area (Å²) in [6, 6.07) is 25.3. The van der Waals surface area contributed by atoms with Gasteiger partial charge in [-0.2, -0.15) is 0 Å². The molecule has 3 aromatic rings. The summed E-state index contributed by atoms with van der Waals surface area (Å²) in [5.74, 6) is -1.58. The van der Waals surface area contributed by atoms with E-state index < -0.39 is 17.9 Å². The first kappa shape index (κ1) is 23.2. The highest BCUT2D eigenvalue weighted by molar-refractivity contribution is 6.01. The smallest absolute Gasteiger partial charge is 0.321 e. The lowest BCUT2D eigenvalue weighted by atomic mass is 9.90. The van der Waals surface area contributed by atoms with Crippen LogP contribution in [0.2, 0.25) is 0 Å². The Morgan fingerprint density at radius 1 is 0.875 bits per heavy atom. The van der Waals surface area contributed by atoms with Gasteiger partial charge in [-0.25, -0.2) is 0 Å². The highest BCUT2D eigenvalue weighted by atomic mass is 16.5. The number of para-hydroxylation sites is 1. The molecule has 0 amide bonds. The monoisotopic (exact) mass is 431 g/mol. The summed E-state index contributed by atoms with van der Waals surface area (Å²) in [5.41, 5.74) is 2.52. The molecule has 166 valence electrons. The molecular weight excluding hydrogens is 402 g/mol. The van der Waals surface area contributed by atoms with Crippen molar-refractivity contribution in [3.63, 3.8) is 0 Å². The van der Waals surface area contributed by atoms with E-state index in [1.165, 1.54) is 0 Å². The number of ketones is 1. The lowest BCUT2D eigenvalue weighted by Gasteiger charge is -2.24. The van der Waals surface area contributed by atoms with Crippen LogP contribution in [-0.4, -0.2) is 36.1 Å². The van der Waals surface area contributed by atoms with Gasteiger partial charge in [-0.3, -0.25) is 9.59 Å². The fraction of sp³-hybridized carbons (Fsp3) is 0.259. The highest BCUT2D eigenvalue weighted by Crippen LogP contribution is 2.22. The Labute approximate surface area is 189 Å². The zero-order valence-corrected chi connectivity index (χ0v) is 18.2. The molecule has 3 rings (SSSR count). The second kappa shape index (κ2) is 11.8. The maximum atomic E-state index is 13.4. The summed E-state index contributed by atoms with van der Waals surface area (Å²) in [5, 5.41) is 12.9. The minimum absolute atomic E-state index is 0.0284. The zero-order valence-electron chi connectivity index (χ0n) is 18.2. The van der Waals surface area contributed by atoms with E-state index in [9.17, 15) is 14.7 Å². The zero-order chi connectivity index (χ0) is 22.8. The van der Waals surface area contributed by atoms with Crippen LogP contribution in [0.5, 0.6) is 5.75 Å². The maximum Gasteiger partial charge on any atom is 0.321 e. The van der Waals surface area contributed by atoms with Crippen LogP contribution < -0.4 is 10.1 Å². The first-order chi connectivity index (χ1) is 15.6. The van der Waals surface area contributed by atoms with Gasteiger partial charge >= 0.3 is 5.97 Å². The molecular formula is C27H29NO4. The summed E-state index contributed by atoms with van der Waals surface area (Å²) in [6.45, 7) is 2.53. The van der Waals surface area contributed by atoms with Crippen molar-refractivity contribution >= 4 is 11.8 Å². The quantitative estimate of drug-likeness (QED) is 0.309. The number of hydrogen-bond donors (Lipinski definition) is 2. The molecule has 0 heterocycles. The van der Waals surface area contributed by atoms with Crippen LogP contribution in [0.15, 0.2) is 84.9 Å². The maximum absolute atomic E-state index is 13.4. The average Bonchev–Trinajstić information content (AvgIpc) is 2.84. The molecule has 0 spiro atoms. The van der Waals surface area contributed by atoms with E-state index in [4.69, 9.17) is 4.74 Å². The molecule has 2 N–H and O–H groups in total. The number of benzene rings is 3. The highest BCUT2D eigenvalue weighted by Gasteiger charge is 2.34. The Morgan fingerprint density at radius 2 is 1.47 bits per heavy atom. The van der Waals surface area contributed by atoms with Gasteiger partial charge in [0.05, 0.1) is 5.92 Å². The Balaban J connectivity index is 1.83. The number of carboxylic acids is 1. The third kappa shape index (κ3) is 6.28. The Bertz CT molecular complexity index is 987. The molecule has 2 unspecified atom stereocenters. The molecule has 0 fully saturated rings. The van der Waals surface area contributed by atoms with Crippen molar-refractivity contribution in [1.29, 1.82) is 0 Å². The summed E-state index contributed by atoms with van der Waals surface area (Å²) in [6.07, 6.45) is 1.76. The van der Waals surface area contributed by atoms with Crippen molar-refractivity contribution in [3.05, 3.63) is 90.5 Å². The van der Waals surface area contributed by atoms with Gasteiger partial charge in [-0.05, 0) is 36.2 Å². The van der Waals surface area contributed by atoms with Gasteiger partial charge in [0.2, 0.25) is 0 Å². The molecule has 0 aliphatic rings. The van der Waals surface area contributed by atoms with E-state index in [1.54, 1.807) is 24.3 Å². The van der Waals surface area contributed by atoms with Crippen molar-refractivity contribution in [2.24, 2.45) is 5.92 Å². The minimum Gasteiger partial charge on any atom is -0.493 e. The number of rotatable bonds is 12. The Kier molecular flexibility index (Phi) is 8.58. The van der Waals surface area contributed by atoms with Crippen LogP contribution in [0.3, 0.4) is 0 Å². The number of aliphatic carboxylic acids is 1. The second-order valence-corrected chi connectivity index (χ2v) is 7.66. The van der Waals surface area contributed by atoms with E-state index in [0.717, 1.165) is 24.0 Å². The number of Topliss-reactive ketones (excluding diaryl/α,β-unsaturated/α-hetero) is 1. The Hall–Kier alpha value is -3.44. The van der Waals surface area contributed by atoms with Gasteiger partial charge in [0.15, 0.2) is 5.78 Å². The molecule has 0 aliphatic carbocycles. The first-order valence-electron chi connectivity index (χ1n) is 10.9. The molecule has 32 heavy (non-hydrogen) atoms. The van der Waals surface area contributed by atoms with Crippen molar-refractivity contribution in [2.45, 2.75) is 25.8 Å². The number of nitrogens with one attached hydrogen (secondary N) is 1. The van der Waals surface area contributed by atoms with E-state index in [-0.39, 0.29) is 12.4 Å². The van der Waals surface area contributed by atoms with Crippen LogP contribution >= 0.6 is 0 Å². The van der Waals surface area contributed by atoms with Crippen LogP contribution in [0.1, 0.15) is 30.1 Å². The third-order valence-electron chi connectivity index (χ3n) is 5.35. The van der Waals surface area contributed by atoms with E-state index in [1.807, 2.05) is 67.6 Å². The number of unbranched alkanes of at least 4 members (excludes halogenated alkanes) is 1. The number of carbonyl (C=O) groups is 2. The molecule has 0 saturated heterocycles. The van der Waals surface area contributed by atoms with Gasteiger partial charge < -0.3 is 15.2 Å². The molecule has 2 atom stereocenters. The Morgan fingerprint density at radius 3 is 2.06 bits per heavy atom. The number of carboxylic acid groups (broad SMARTS) is 1. The van der Waals surface area contributed by atoms with E-state index >= 15 is 0 Å². The van der Waals surface area contributed by atoms with Gasteiger partial charge in [0, 0.05) is 5.56 Å². The molecule has 5 heteroatoms. The lowest BCUT2D eigenvalue weighted by Crippen LogP contribution is -2.48. The van der Waals surface area contributed by atoms with Crippen LogP contribution in [0.25, 0.3) is 11.1 Å². The van der Waals surface area contributed by atoms with Crippen molar-refractivity contribution in [3.8, 4) is 16.9 Å². The molecule has 0 aliphatic heterocycles. The normalized spacial score (nSPS) is 12.7. The van der Waals surface area contributed by atoms with Crippen molar-refractivity contribution in [2.75, 3.05) is 13.2 Å². The number of carbonyl (C=O) groups excluding carboxylic acids is 1. The number of hydrogen-bond acceptors (Lipinski definition) is 4. The first-order valence-corrected chi connectivity index (χ1v) is 10.9.